The van der Waals surface area contributed by atoms with E-state index in [0.29, 0.717) is 44.6 Å². The largest absolute Gasteiger partial charge is 0.481 e. The molecule has 0 amide bonds. The number of aromatic nitrogens is 3. The summed E-state index contributed by atoms with van der Waals surface area (Å²) in [5.41, 5.74) is 0.609. The van der Waals surface area contributed by atoms with Crippen molar-refractivity contribution in [2.45, 2.75) is 30.5 Å². The summed E-state index contributed by atoms with van der Waals surface area (Å²) >= 11 is 13.6. The molecule has 3 rings (SSSR count). The number of nitrogens with zero attached hydrogens (tertiary/aromatic N) is 3. The van der Waals surface area contributed by atoms with Crippen molar-refractivity contribution in [2.24, 2.45) is 0 Å². The van der Waals surface area contributed by atoms with E-state index in [2.05, 4.69) is 16.8 Å². The Hall–Kier alpha value is -2.02. The standard InChI is InChI=1S/C20H18Cl2FN3OS/c1-3-10-26-19(13(2)27-18-11-15(21)8-9-16(18)22)24-25-20(26)28-12-14-6-4-5-7-17(14)23/h3-9,11,13H,1,10,12H2,2H3. The Morgan fingerprint density at radius 3 is 2.79 bits per heavy atom. The lowest BCUT2D eigenvalue weighted by molar-refractivity contribution is 0.210. The molecule has 0 saturated carbocycles. The molecule has 0 aliphatic carbocycles. The Kier molecular flexibility index (Phi) is 6.99. The van der Waals surface area contributed by atoms with Crippen LogP contribution in [-0.4, -0.2) is 14.8 Å². The zero-order valence-electron chi connectivity index (χ0n) is 15.1. The van der Waals surface area contributed by atoms with E-state index in [9.17, 15) is 4.39 Å². The smallest absolute Gasteiger partial charge is 0.191 e. The van der Waals surface area contributed by atoms with Crippen LogP contribution in [0.2, 0.25) is 10.0 Å². The highest BCUT2D eigenvalue weighted by Gasteiger charge is 2.20. The predicted octanol–water partition coefficient (Wildman–Crippen LogP) is 6.34. The first kappa shape index (κ1) is 20.7. The van der Waals surface area contributed by atoms with Crippen LogP contribution in [0.4, 0.5) is 4.39 Å². The lowest BCUT2D eigenvalue weighted by atomic mass is 10.2. The van der Waals surface area contributed by atoms with E-state index in [-0.39, 0.29) is 5.82 Å². The van der Waals surface area contributed by atoms with Crippen LogP contribution >= 0.6 is 35.0 Å². The minimum Gasteiger partial charge on any atom is -0.481 e. The van der Waals surface area contributed by atoms with Gasteiger partial charge in [0.2, 0.25) is 0 Å². The van der Waals surface area contributed by atoms with Gasteiger partial charge in [-0.2, -0.15) is 0 Å². The fourth-order valence-electron chi connectivity index (χ4n) is 2.58. The van der Waals surface area contributed by atoms with Crippen molar-refractivity contribution in [2.75, 3.05) is 0 Å². The fourth-order valence-corrected chi connectivity index (χ4v) is 3.84. The number of hydrogen-bond acceptors (Lipinski definition) is 4. The Bertz CT molecular complexity index is 980. The quantitative estimate of drug-likeness (QED) is 0.304. The minimum atomic E-state index is -0.425. The van der Waals surface area contributed by atoms with E-state index >= 15 is 0 Å². The zero-order chi connectivity index (χ0) is 20.1. The summed E-state index contributed by atoms with van der Waals surface area (Å²) in [6.07, 6.45) is 1.32. The first-order chi connectivity index (χ1) is 13.5. The molecule has 0 fully saturated rings. The lowest BCUT2D eigenvalue weighted by Gasteiger charge is -2.16. The molecule has 0 saturated heterocycles. The first-order valence-corrected chi connectivity index (χ1v) is 10.3. The van der Waals surface area contributed by atoms with Gasteiger partial charge in [0, 0.05) is 23.4 Å². The summed E-state index contributed by atoms with van der Waals surface area (Å²) in [5.74, 6) is 1.29. The van der Waals surface area contributed by atoms with Crippen molar-refractivity contribution in [1.29, 1.82) is 0 Å². The molecule has 0 spiro atoms. The van der Waals surface area contributed by atoms with Crippen LogP contribution in [0.3, 0.4) is 0 Å². The summed E-state index contributed by atoms with van der Waals surface area (Å²) in [5, 5.41) is 10.2. The Morgan fingerprint density at radius 2 is 2.04 bits per heavy atom. The van der Waals surface area contributed by atoms with Gasteiger partial charge in [-0.15, -0.1) is 16.8 Å². The number of benzene rings is 2. The molecule has 2 aromatic carbocycles. The van der Waals surface area contributed by atoms with E-state index in [1.54, 1.807) is 36.4 Å². The van der Waals surface area contributed by atoms with E-state index in [4.69, 9.17) is 27.9 Å². The summed E-state index contributed by atoms with van der Waals surface area (Å²) < 4.78 is 21.7. The molecule has 0 aliphatic rings. The lowest BCUT2D eigenvalue weighted by Crippen LogP contribution is -2.12. The summed E-state index contributed by atoms with van der Waals surface area (Å²) in [6.45, 7) is 6.15. The average molecular weight is 438 g/mol. The Labute approximate surface area is 177 Å². The zero-order valence-corrected chi connectivity index (χ0v) is 17.4. The van der Waals surface area contributed by atoms with Crippen LogP contribution in [0, 0.1) is 5.82 Å². The molecule has 0 radical (unpaired) electrons. The maximum atomic E-state index is 13.9. The van der Waals surface area contributed by atoms with Crippen LogP contribution in [0.15, 0.2) is 60.3 Å². The van der Waals surface area contributed by atoms with E-state index in [1.807, 2.05) is 17.6 Å². The molecule has 28 heavy (non-hydrogen) atoms. The number of thioether (sulfide) groups is 1. The molecular formula is C20H18Cl2FN3OS. The van der Waals surface area contributed by atoms with Crippen LogP contribution in [0.1, 0.15) is 24.4 Å². The number of halogens is 3. The normalized spacial score (nSPS) is 12.0. The van der Waals surface area contributed by atoms with Gasteiger partial charge in [-0.1, -0.05) is 59.2 Å². The summed E-state index contributed by atoms with van der Waals surface area (Å²) in [7, 11) is 0. The van der Waals surface area contributed by atoms with Crippen molar-refractivity contribution >= 4 is 35.0 Å². The van der Waals surface area contributed by atoms with Crippen molar-refractivity contribution in [3.63, 3.8) is 0 Å². The van der Waals surface area contributed by atoms with Crippen LogP contribution in [0.25, 0.3) is 0 Å². The number of allylic oxidation sites excluding steroid dienone is 1. The summed E-state index contributed by atoms with van der Waals surface area (Å²) in [6, 6.07) is 11.7. The van der Waals surface area contributed by atoms with Gasteiger partial charge in [0.25, 0.3) is 0 Å². The Balaban J connectivity index is 1.80. The van der Waals surface area contributed by atoms with Gasteiger partial charge in [0.05, 0.1) is 5.02 Å². The number of hydrogen-bond donors (Lipinski definition) is 0. The van der Waals surface area contributed by atoms with E-state index < -0.39 is 6.10 Å². The van der Waals surface area contributed by atoms with Crippen LogP contribution in [-0.2, 0) is 12.3 Å². The molecule has 0 aliphatic heterocycles. The highest BCUT2D eigenvalue weighted by molar-refractivity contribution is 7.98. The van der Waals surface area contributed by atoms with Gasteiger partial charge in [-0.05, 0) is 30.7 Å². The molecule has 1 aromatic heterocycles. The monoisotopic (exact) mass is 437 g/mol. The third kappa shape index (κ3) is 4.87. The van der Waals surface area contributed by atoms with Crippen LogP contribution < -0.4 is 4.74 Å². The fraction of sp³-hybridized carbons (Fsp3) is 0.200. The third-order valence-electron chi connectivity index (χ3n) is 3.93. The molecule has 0 bridgehead atoms. The van der Waals surface area contributed by atoms with Gasteiger partial charge in [0.15, 0.2) is 17.1 Å². The second kappa shape index (κ2) is 9.45. The molecule has 4 nitrogen and oxygen atoms in total. The molecule has 146 valence electrons. The van der Waals surface area contributed by atoms with E-state index in [1.165, 1.54) is 17.8 Å². The molecule has 3 aromatic rings. The van der Waals surface area contributed by atoms with Crippen molar-refractivity contribution < 1.29 is 9.13 Å². The number of rotatable bonds is 8. The highest BCUT2D eigenvalue weighted by Crippen LogP contribution is 2.32. The second-order valence-corrected chi connectivity index (χ2v) is 7.74. The Morgan fingerprint density at radius 1 is 1.25 bits per heavy atom. The van der Waals surface area contributed by atoms with Gasteiger partial charge >= 0.3 is 0 Å². The second-order valence-electron chi connectivity index (χ2n) is 5.95. The van der Waals surface area contributed by atoms with Gasteiger partial charge in [-0.25, -0.2) is 4.39 Å². The minimum absolute atomic E-state index is 0.239. The number of ether oxygens (including phenoxy) is 1. The van der Waals surface area contributed by atoms with Gasteiger partial charge < -0.3 is 4.74 Å². The molecule has 8 heteroatoms. The SMILES string of the molecule is C=CCn1c(SCc2ccccc2F)nnc1C(C)Oc1cc(Cl)ccc1Cl. The maximum absolute atomic E-state index is 13.9. The summed E-state index contributed by atoms with van der Waals surface area (Å²) in [4.78, 5) is 0. The molecular weight excluding hydrogens is 420 g/mol. The molecule has 0 N–H and O–H groups in total. The topological polar surface area (TPSA) is 39.9 Å². The van der Waals surface area contributed by atoms with Gasteiger partial charge in [0.1, 0.15) is 11.6 Å². The highest BCUT2D eigenvalue weighted by atomic mass is 35.5. The van der Waals surface area contributed by atoms with Crippen molar-refractivity contribution in [3.05, 3.63) is 82.4 Å². The predicted molar refractivity (Wildman–Crippen MR) is 112 cm³/mol. The van der Waals surface area contributed by atoms with E-state index in [0.717, 1.165) is 0 Å². The van der Waals surface area contributed by atoms with Crippen LogP contribution in [0.5, 0.6) is 5.75 Å². The molecule has 1 unspecified atom stereocenters. The maximum Gasteiger partial charge on any atom is 0.191 e. The van der Waals surface area contributed by atoms with Crippen molar-refractivity contribution in [1.82, 2.24) is 14.8 Å². The molecule has 1 heterocycles. The molecule has 1 atom stereocenters. The van der Waals surface area contributed by atoms with Gasteiger partial charge in [-0.3, -0.25) is 4.57 Å². The first-order valence-electron chi connectivity index (χ1n) is 8.51. The van der Waals surface area contributed by atoms with Crippen molar-refractivity contribution in [3.8, 4) is 5.75 Å². The third-order valence-corrected chi connectivity index (χ3v) is 5.50. The average Bonchev–Trinajstić information content (AvgIpc) is 3.07.